The minimum Gasteiger partial charge on any atom is -0.289 e. The summed E-state index contributed by atoms with van der Waals surface area (Å²) in [5.41, 5.74) is 0.812. The van der Waals surface area contributed by atoms with E-state index in [1.165, 1.54) is 16.7 Å². The van der Waals surface area contributed by atoms with Crippen LogP contribution in [0.5, 0.6) is 0 Å². The summed E-state index contributed by atoms with van der Waals surface area (Å²) in [6.07, 6.45) is 2.17. The molecule has 2 aliphatic heterocycles. The van der Waals surface area contributed by atoms with Crippen LogP contribution in [0.15, 0.2) is 29.2 Å². The average molecular weight is 374 g/mol. The summed E-state index contributed by atoms with van der Waals surface area (Å²) in [4.78, 5) is 14.5. The fraction of sp³-hybridized carbons (Fsp3) is 0.286. The number of hydrogen-bond donors (Lipinski definition) is 0. The number of hydrogen-bond acceptors (Lipinski definition) is 5. The normalized spacial score (nSPS) is 26.1. The van der Waals surface area contributed by atoms with E-state index in [4.69, 9.17) is 23.8 Å². The first-order chi connectivity index (χ1) is 10.4. The molecule has 0 saturated carbocycles. The quantitative estimate of drug-likeness (QED) is 0.589. The smallest absolute Gasteiger partial charge is 0.266 e. The second-order valence-electron chi connectivity index (χ2n) is 5.16. The summed E-state index contributed by atoms with van der Waals surface area (Å²) in [6, 6.07) is 6.82. The van der Waals surface area contributed by atoms with Crippen molar-refractivity contribution < 1.29 is 13.2 Å². The third kappa shape index (κ3) is 3.22. The second kappa shape index (κ2) is 5.96. The molecule has 116 valence electrons. The van der Waals surface area contributed by atoms with Crippen molar-refractivity contribution in [3.8, 4) is 0 Å². The number of benzene rings is 1. The summed E-state index contributed by atoms with van der Waals surface area (Å²) in [5, 5.41) is 0.589. The molecule has 0 aliphatic carbocycles. The second-order valence-corrected chi connectivity index (χ2v) is 9.50. The van der Waals surface area contributed by atoms with Gasteiger partial charge in [-0.1, -0.05) is 47.7 Å². The number of carbonyl (C=O) groups is 1. The molecular formula is C14H12ClNO3S3. The van der Waals surface area contributed by atoms with Crippen LogP contribution in [0.3, 0.4) is 0 Å². The van der Waals surface area contributed by atoms with Crippen LogP contribution >= 0.6 is 35.6 Å². The number of nitrogens with zero attached hydrogens (tertiary/aromatic N) is 1. The Morgan fingerprint density at radius 1 is 1.41 bits per heavy atom. The highest BCUT2D eigenvalue weighted by Crippen LogP contribution is 2.36. The molecule has 1 amide bonds. The molecule has 0 aromatic heterocycles. The monoisotopic (exact) mass is 373 g/mol. The van der Waals surface area contributed by atoms with Gasteiger partial charge >= 0.3 is 0 Å². The zero-order valence-corrected chi connectivity index (χ0v) is 14.6. The fourth-order valence-electron chi connectivity index (χ4n) is 2.52. The SMILES string of the molecule is O=C1/C(=C/c2cccc(Cl)c2)SC(=S)N1C1CCS(=O)(=O)C1. The lowest BCUT2D eigenvalue weighted by molar-refractivity contribution is -0.123. The molecule has 0 radical (unpaired) electrons. The Bertz CT molecular complexity index is 788. The molecule has 2 aliphatic rings. The van der Waals surface area contributed by atoms with Crippen LogP contribution in [0.25, 0.3) is 6.08 Å². The zero-order chi connectivity index (χ0) is 15.9. The third-order valence-corrected chi connectivity index (χ3v) is 6.86. The fourth-order valence-corrected chi connectivity index (χ4v) is 5.82. The molecule has 2 heterocycles. The molecule has 1 unspecified atom stereocenters. The number of rotatable bonds is 2. The van der Waals surface area contributed by atoms with Crippen LogP contribution in [0.1, 0.15) is 12.0 Å². The van der Waals surface area contributed by atoms with Crippen LogP contribution in [-0.2, 0) is 14.6 Å². The predicted octanol–water partition coefficient (Wildman–Crippen LogP) is 2.73. The maximum atomic E-state index is 12.5. The molecule has 0 spiro atoms. The number of thioether (sulfide) groups is 1. The molecule has 2 fully saturated rings. The van der Waals surface area contributed by atoms with Crippen LogP contribution in [0.2, 0.25) is 5.02 Å². The van der Waals surface area contributed by atoms with Crippen molar-refractivity contribution in [2.24, 2.45) is 0 Å². The maximum Gasteiger partial charge on any atom is 0.266 e. The van der Waals surface area contributed by atoms with E-state index in [0.29, 0.717) is 20.7 Å². The summed E-state index contributed by atoms with van der Waals surface area (Å²) in [5.74, 6) is -0.122. The Labute approximate surface area is 143 Å². The molecular weight excluding hydrogens is 362 g/mol. The summed E-state index contributed by atoms with van der Waals surface area (Å²) in [6.45, 7) is 0. The molecule has 8 heteroatoms. The van der Waals surface area contributed by atoms with Crippen molar-refractivity contribution in [3.63, 3.8) is 0 Å². The summed E-state index contributed by atoms with van der Waals surface area (Å²) >= 11 is 12.4. The molecule has 1 aromatic carbocycles. The minimum absolute atomic E-state index is 0.0100. The Kier molecular flexibility index (Phi) is 4.33. The van der Waals surface area contributed by atoms with Crippen molar-refractivity contribution >= 4 is 61.7 Å². The Balaban J connectivity index is 1.86. The molecule has 3 rings (SSSR count). The van der Waals surface area contributed by atoms with E-state index < -0.39 is 9.84 Å². The summed E-state index contributed by atoms with van der Waals surface area (Å²) in [7, 11) is -3.06. The predicted molar refractivity (Wildman–Crippen MR) is 93.5 cm³/mol. The first-order valence-corrected chi connectivity index (χ1v) is 10.0. The minimum atomic E-state index is -3.06. The molecule has 2 saturated heterocycles. The van der Waals surface area contributed by atoms with E-state index in [9.17, 15) is 13.2 Å². The molecule has 0 N–H and O–H groups in total. The van der Waals surface area contributed by atoms with Crippen molar-refractivity contribution in [2.45, 2.75) is 12.5 Å². The number of amides is 1. The van der Waals surface area contributed by atoms with Gasteiger partial charge in [-0.3, -0.25) is 9.69 Å². The molecule has 1 aromatic rings. The largest absolute Gasteiger partial charge is 0.289 e. The number of thiocarbonyl (C=S) groups is 1. The molecule has 1 atom stereocenters. The third-order valence-electron chi connectivity index (χ3n) is 3.54. The summed E-state index contributed by atoms with van der Waals surface area (Å²) < 4.78 is 23.6. The lowest BCUT2D eigenvalue weighted by Gasteiger charge is -2.20. The van der Waals surface area contributed by atoms with E-state index in [2.05, 4.69) is 0 Å². The van der Waals surface area contributed by atoms with Gasteiger partial charge in [0.2, 0.25) is 0 Å². The van der Waals surface area contributed by atoms with Gasteiger partial charge in [-0.15, -0.1) is 0 Å². The van der Waals surface area contributed by atoms with Crippen molar-refractivity contribution in [2.75, 3.05) is 11.5 Å². The lowest BCUT2D eigenvalue weighted by Crippen LogP contribution is -2.39. The van der Waals surface area contributed by atoms with Gasteiger partial charge in [0.15, 0.2) is 9.84 Å². The van der Waals surface area contributed by atoms with Gasteiger partial charge < -0.3 is 0 Å². The molecule has 0 bridgehead atoms. The molecule has 4 nitrogen and oxygen atoms in total. The standard InChI is InChI=1S/C14H12ClNO3S3/c15-10-3-1-2-9(6-10)7-12-13(17)16(14(20)21-12)11-4-5-22(18,19)8-11/h1-3,6-7,11H,4-5,8H2/b12-7-. The van der Waals surface area contributed by atoms with Gasteiger partial charge in [0.25, 0.3) is 5.91 Å². The Hall–Kier alpha value is -0.890. The van der Waals surface area contributed by atoms with Crippen LogP contribution in [-0.4, -0.2) is 41.1 Å². The Morgan fingerprint density at radius 2 is 2.18 bits per heavy atom. The highest BCUT2D eigenvalue weighted by molar-refractivity contribution is 8.26. The highest BCUT2D eigenvalue weighted by Gasteiger charge is 2.42. The molecule has 22 heavy (non-hydrogen) atoms. The van der Waals surface area contributed by atoms with E-state index in [1.54, 1.807) is 24.3 Å². The van der Waals surface area contributed by atoms with Gasteiger partial charge in [0, 0.05) is 5.02 Å². The highest BCUT2D eigenvalue weighted by atomic mass is 35.5. The Morgan fingerprint density at radius 3 is 2.82 bits per heavy atom. The van der Waals surface area contributed by atoms with Gasteiger partial charge in [0.05, 0.1) is 22.5 Å². The number of sulfone groups is 1. The van der Waals surface area contributed by atoms with E-state index in [1.807, 2.05) is 6.07 Å². The first kappa shape index (κ1) is 16.0. The van der Waals surface area contributed by atoms with Gasteiger partial charge in [-0.2, -0.15) is 0 Å². The maximum absolute atomic E-state index is 12.5. The van der Waals surface area contributed by atoms with Crippen molar-refractivity contribution in [1.29, 1.82) is 0 Å². The van der Waals surface area contributed by atoms with Crippen molar-refractivity contribution in [3.05, 3.63) is 39.8 Å². The first-order valence-electron chi connectivity index (χ1n) is 6.59. The van der Waals surface area contributed by atoms with E-state index in [0.717, 1.165) is 5.56 Å². The van der Waals surface area contributed by atoms with Crippen LogP contribution < -0.4 is 0 Å². The van der Waals surface area contributed by atoms with E-state index >= 15 is 0 Å². The van der Waals surface area contributed by atoms with Crippen LogP contribution in [0, 0.1) is 0 Å². The average Bonchev–Trinajstić information content (AvgIpc) is 2.90. The van der Waals surface area contributed by atoms with Gasteiger partial charge in [-0.25, -0.2) is 8.42 Å². The topological polar surface area (TPSA) is 54.5 Å². The lowest BCUT2D eigenvalue weighted by atomic mass is 10.2. The van der Waals surface area contributed by atoms with Gasteiger partial charge in [0.1, 0.15) is 4.32 Å². The zero-order valence-electron chi connectivity index (χ0n) is 11.4. The number of carbonyl (C=O) groups excluding carboxylic acids is 1. The van der Waals surface area contributed by atoms with Crippen molar-refractivity contribution in [1.82, 2.24) is 4.90 Å². The number of halogens is 1. The van der Waals surface area contributed by atoms with Gasteiger partial charge in [-0.05, 0) is 30.2 Å². The van der Waals surface area contributed by atoms with E-state index in [-0.39, 0.29) is 23.5 Å². The van der Waals surface area contributed by atoms with Crippen LogP contribution in [0.4, 0.5) is 0 Å².